The first kappa shape index (κ1) is 25.9. The largest absolute Gasteiger partial charge is 0.366 e. The number of aromatic nitrogens is 5. The quantitative estimate of drug-likeness (QED) is 0.249. The van der Waals surface area contributed by atoms with Crippen LogP contribution in [0.25, 0.3) is 10.9 Å². The van der Waals surface area contributed by atoms with E-state index in [1.165, 1.54) is 22.7 Å². The second-order valence-corrected chi connectivity index (χ2v) is 12.3. The van der Waals surface area contributed by atoms with Crippen LogP contribution in [0.4, 0.5) is 5.82 Å². The van der Waals surface area contributed by atoms with E-state index in [-0.39, 0.29) is 21.1 Å². The molecule has 5 heterocycles. The number of pyridine rings is 1. The highest BCUT2D eigenvalue weighted by Gasteiger charge is 2.48. The van der Waals surface area contributed by atoms with E-state index in [1.807, 2.05) is 24.3 Å². The maximum Gasteiger partial charge on any atom is 0.263 e. The average molecular weight is 662 g/mol. The SMILES string of the molecule is N[C@@H]1[C@H](I)OCC12CCN(c1cnc(Sc3ccc4ncn(Cc5ccccn5)c(=O)c4c3Cl)cn1)CC2. The van der Waals surface area contributed by atoms with Gasteiger partial charge in [0.25, 0.3) is 5.56 Å². The minimum atomic E-state index is -0.210. The molecule has 0 aliphatic carbocycles. The Morgan fingerprint density at radius 1 is 1.13 bits per heavy atom. The summed E-state index contributed by atoms with van der Waals surface area (Å²) >= 11 is 10.4. The molecule has 2 atom stereocenters. The predicted octanol–water partition coefficient (Wildman–Crippen LogP) is 4.14. The summed E-state index contributed by atoms with van der Waals surface area (Å²) in [5, 5.41) is 1.43. The van der Waals surface area contributed by atoms with Crippen LogP contribution in [0.15, 0.2) is 70.0 Å². The predicted molar refractivity (Wildman–Crippen MR) is 156 cm³/mol. The van der Waals surface area contributed by atoms with Gasteiger partial charge >= 0.3 is 0 Å². The van der Waals surface area contributed by atoms with Crippen molar-refractivity contribution in [1.82, 2.24) is 24.5 Å². The van der Waals surface area contributed by atoms with Gasteiger partial charge in [-0.3, -0.25) is 14.3 Å². The lowest BCUT2D eigenvalue weighted by Gasteiger charge is -2.41. The van der Waals surface area contributed by atoms with E-state index in [1.54, 1.807) is 24.7 Å². The zero-order valence-corrected chi connectivity index (χ0v) is 24.1. The highest BCUT2D eigenvalue weighted by molar-refractivity contribution is 14.1. The number of anilines is 1. The number of hydrogen-bond acceptors (Lipinski definition) is 9. The van der Waals surface area contributed by atoms with Gasteiger partial charge in [-0.1, -0.05) is 29.4 Å². The molecule has 0 amide bonds. The monoisotopic (exact) mass is 661 g/mol. The lowest BCUT2D eigenvalue weighted by atomic mass is 9.75. The van der Waals surface area contributed by atoms with Crippen molar-refractivity contribution in [3.63, 3.8) is 0 Å². The van der Waals surface area contributed by atoms with Crippen LogP contribution in [-0.4, -0.2) is 54.4 Å². The van der Waals surface area contributed by atoms with Gasteiger partial charge in [-0.2, -0.15) is 0 Å². The molecule has 38 heavy (non-hydrogen) atoms. The van der Waals surface area contributed by atoms with Gasteiger partial charge in [0.2, 0.25) is 0 Å². The average Bonchev–Trinajstić information content (AvgIpc) is 3.21. The molecule has 1 aromatic carbocycles. The molecule has 0 bridgehead atoms. The van der Waals surface area contributed by atoms with Crippen LogP contribution in [0.2, 0.25) is 5.02 Å². The summed E-state index contributed by atoms with van der Waals surface area (Å²) in [7, 11) is 0. The highest BCUT2D eigenvalue weighted by Crippen LogP contribution is 2.43. The summed E-state index contributed by atoms with van der Waals surface area (Å²) < 4.78 is 7.42. The molecule has 12 heteroatoms. The van der Waals surface area contributed by atoms with E-state index in [4.69, 9.17) is 22.1 Å². The summed E-state index contributed by atoms with van der Waals surface area (Å²) in [4.78, 5) is 34.3. The van der Waals surface area contributed by atoms with Crippen molar-refractivity contribution >= 4 is 62.7 Å². The van der Waals surface area contributed by atoms with Gasteiger partial charge in [-0.05, 0) is 59.7 Å². The van der Waals surface area contributed by atoms with Gasteiger partial charge in [-0.15, -0.1) is 0 Å². The van der Waals surface area contributed by atoms with E-state index >= 15 is 0 Å². The van der Waals surface area contributed by atoms with Crippen LogP contribution in [-0.2, 0) is 11.3 Å². The Bertz CT molecular complexity index is 1510. The normalized spacial score (nSPS) is 20.9. The minimum absolute atomic E-state index is 0.0590. The third-order valence-corrected chi connectivity index (χ3v) is 10.0. The molecule has 2 saturated heterocycles. The minimum Gasteiger partial charge on any atom is -0.366 e. The molecule has 2 N–H and O–H groups in total. The fourth-order valence-electron chi connectivity index (χ4n) is 5.06. The Morgan fingerprint density at radius 2 is 1.97 bits per heavy atom. The number of rotatable bonds is 5. The maximum atomic E-state index is 13.3. The van der Waals surface area contributed by atoms with E-state index in [0.29, 0.717) is 27.5 Å². The summed E-state index contributed by atoms with van der Waals surface area (Å²) in [6.07, 6.45) is 8.73. The molecular formula is C26H25ClIN7O2S. The number of fused-ring (bicyclic) bond motifs is 1. The van der Waals surface area contributed by atoms with E-state index in [2.05, 4.69) is 47.4 Å². The Hall–Kier alpha value is -2.32. The summed E-state index contributed by atoms with van der Waals surface area (Å²) in [6.45, 7) is 2.79. The van der Waals surface area contributed by atoms with Gasteiger partial charge in [0.1, 0.15) is 15.0 Å². The maximum absolute atomic E-state index is 13.3. The number of alkyl halides is 1. The summed E-state index contributed by atoms with van der Waals surface area (Å²) in [6, 6.07) is 9.32. The van der Waals surface area contributed by atoms with Crippen LogP contribution >= 0.6 is 46.0 Å². The van der Waals surface area contributed by atoms with Crippen molar-refractivity contribution in [3.8, 4) is 0 Å². The van der Waals surface area contributed by atoms with E-state index in [0.717, 1.165) is 48.9 Å². The van der Waals surface area contributed by atoms with Crippen LogP contribution < -0.4 is 16.2 Å². The number of benzene rings is 1. The van der Waals surface area contributed by atoms with Crippen molar-refractivity contribution in [1.29, 1.82) is 0 Å². The summed E-state index contributed by atoms with van der Waals surface area (Å²) in [5.74, 6) is 0.842. The first-order valence-corrected chi connectivity index (χ1v) is 14.7. The molecule has 6 rings (SSSR count). The summed E-state index contributed by atoms with van der Waals surface area (Å²) in [5.41, 5.74) is 7.61. The third kappa shape index (κ3) is 4.90. The Kier molecular flexibility index (Phi) is 7.29. The number of piperidine rings is 1. The molecule has 196 valence electrons. The molecule has 2 fully saturated rings. The molecule has 0 saturated carbocycles. The van der Waals surface area contributed by atoms with Gasteiger partial charge in [0.15, 0.2) is 0 Å². The van der Waals surface area contributed by atoms with Crippen LogP contribution in [0.5, 0.6) is 0 Å². The van der Waals surface area contributed by atoms with Crippen molar-refractivity contribution < 1.29 is 4.74 Å². The fourth-order valence-corrected chi connectivity index (χ4v) is 7.13. The number of nitrogens with zero attached hydrogens (tertiary/aromatic N) is 6. The topological polar surface area (TPSA) is 112 Å². The number of hydrogen-bond donors (Lipinski definition) is 1. The molecule has 2 aliphatic rings. The molecule has 1 spiro atoms. The van der Waals surface area contributed by atoms with Crippen molar-refractivity contribution in [3.05, 3.63) is 76.3 Å². The highest BCUT2D eigenvalue weighted by atomic mass is 127. The smallest absolute Gasteiger partial charge is 0.263 e. The molecule has 9 nitrogen and oxygen atoms in total. The first-order valence-electron chi connectivity index (χ1n) is 12.3. The molecular weight excluding hydrogens is 637 g/mol. The van der Waals surface area contributed by atoms with E-state index < -0.39 is 0 Å². The molecule has 0 radical (unpaired) electrons. The second kappa shape index (κ2) is 10.7. The lowest BCUT2D eigenvalue weighted by Crippen LogP contribution is -2.50. The van der Waals surface area contributed by atoms with Crippen LogP contribution in [0.1, 0.15) is 18.5 Å². The van der Waals surface area contributed by atoms with Gasteiger partial charge in [-0.25, -0.2) is 15.0 Å². The zero-order chi connectivity index (χ0) is 26.3. The number of ether oxygens (including phenoxy) is 1. The van der Waals surface area contributed by atoms with Crippen LogP contribution in [0, 0.1) is 5.41 Å². The zero-order valence-electron chi connectivity index (χ0n) is 20.3. The van der Waals surface area contributed by atoms with Crippen molar-refractivity contribution in [2.45, 2.75) is 39.5 Å². The van der Waals surface area contributed by atoms with Gasteiger partial charge < -0.3 is 15.4 Å². The van der Waals surface area contributed by atoms with E-state index in [9.17, 15) is 4.79 Å². The van der Waals surface area contributed by atoms with Gasteiger partial charge in [0.05, 0.1) is 53.5 Å². The fraction of sp³-hybridized carbons (Fsp3) is 0.346. The Morgan fingerprint density at radius 3 is 2.66 bits per heavy atom. The first-order chi connectivity index (χ1) is 18.4. The lowest BCUT2D eigenvalue weighted by molar-refractivity contribution is 0.127. The Balaban J connectivity index is 1.18. The standard InChI is InChI=1S/C26H25ClIN7O2S/c27-22-18(5-4-17-21(22)25(36)35(15-33-17)13-16-3-1-2-8-30-16)38-20-12-31-19(11-32-20)34-9-6-26(7-10-34)14-37-24(28)23(26)29/h1-5,8,11-12,15,23-24H,6-7,9-10,13-14,29H2/t23-,24-/m1/s1. The van der Waals surface area contributed by atoms with Crippen molar-refractivity contribution in [2.24, 2.45) is 11.1 Å². The van der Waals surface area contributed by atoms with Gasteiger partial charge in [0, 0.05) is 35.6 Å². The number of halogens is 2. The molecule has 0 unspecified atom stereocenters. The van der Waals surface area contributed by atoms with Crippen LogP contribution in [0.3, 0.4) is 0 Å². The molecule has 4 aromatic rings. The van der Waals surface area contributed by atoms with Crippen molar-refractivity contribution in [2.75, 3.05) is 24.6 Å². The third-order valence-electron chi connectivity index (χ3n) is 7.39. The second-order valence-electron chi connectivity index (χ2n) is 9.62. The number of nitrogens with two attached hydrogens (primary N) is 1. The molecule has 3 aromatic heterocycles. The Labute approximate surface area is 242 Å². The molecule has 2 aliphatic heterocycles.